The first-order valence-corrected chi connectivity index (χ1v) is 9.24. The van der Waals surface area contributed by atoms with E-state index in [1.807, 2.05) is 0 Å². The molecule has 1 heterocycles. The lowest BCUT2D eigenvalue weighted by atomic mass is 10.0. The fraction of sp³-hybridized carbons (Fsp3) is 0.238. The van der Waals surface area contributed by atoms with Crippen LogP contribution in [-0.2, 0) is 9.59 Å². The Balaban J connectivity index is 2.18. The van der Waals surface area contributed by atoms with Gasteiger partial charge in [-0.15, -0.1) is 0 Å². The number of para-hydroxylation sites is 1. The molecular weight excluding hydrogens is 396 g/mol. The monoisotopic (exact) mass is 416 g/mol. The molecule has 2 aromatic carbocycles. The van der Waals surface area contributed by atoms with Crippen molar-refractivity contribution in [1.29, 1.82) is 0 Å². The second-order valence-corrected chi connectivity index (χ2v) is 6.74. The quantitative estimate of drug-likeness (QED) is 0.699. The number of hydrogen-bond acceptors (Lipinski definition) is 6. The number of amides is 2. The minimum absolute atomic E-state index is 0.174. The maximum absolute atomic E-state index is 13.4. The predicted molar refractivity (Wildman–Crippen MR) is 110 cm³/mol. The number of ether oxygens (including phenoxy) is 2. The topological polar surface area (TPSA) is 79.3 Å². The van der Waals surface area contributed by atoms with E-state index in [4.69, 9.17) is 21.1 Å². The zero-order valence-corrected chi connectivity index (χ0v) is 17.1. The number of carbonyl (C=O) groups is 2. The molecule has 0 bridgehead atoms. The van der Waals surface area contributed by atoms with Gasteiger partial charge in [-0.3, -0.25) is 9.59 Å². The molecule has 0 saturated heterocycles. The Labute approximate surface area is 173 Å². The second kappa shape index (κ2) is 8.55. The molecule has 0 aliphatic carbocycles. The molecule has 2 amide bonds. The van der Waals surface area contributed by atoms with Crippen molar-refractivity contribution in [2.24, 2.45) is 0 Å². The number of benzene rings is 2. The summed E-state index contributed by atoms with van der Waals surface area (Å²) >= 11 is 6.25. The van der Waals surface area contributed by atoms with Crippen LogP contribution in [0, 0.1) is 0 Å². The van der Waals surface area contributed by atoms with Crippen LogP contribution in [0.1, 0.15) is 5.56 Å². The standard InChI is InChI=1S/C21H21ClN2O5/c1-23(10-11-25)19-18(13-8-9-16(28-2)17(12-13)29-3)20(26)24(21(19)27)15-7-5-4-6-14(15)22/h4-9,12,25H,10-11H2,1-3H3. The van der Waals surface area contributed by atoms with E-state index >= 15 is 0 Å². The molecule has 1 N–H and O–H groups in total. The Morgan fingerprint density at radius 3 is 2.34 bits per heavy atom. The van der Waals surface area contributed by atoms with E-state index in [0.29, 0.717) is 22.7 Å². The maximum atomic E-state index is 13.4. The van der Waals surface area contributed by atoms with Crippen molar-refractivity contribution in [2.75, 3.05) is 39.3 Å². The number of rotatable bonds is 7. The van der Waals surface area contributed by atoms with Gasteiger partial charge in [-0.25, -0.2) is 4.90 Å². The molecule has 0 unspecified atom stereocenters. The van der Waals surface area contributed by atoms with Crippen molar-refractivity contribution in [3.05, 3.63) is 58.7 Å². The smallest absolute Gasteiger partial charge is 0.282 e. The fourth-order valence-electron chi connectivity index (χ4n) is 3.24. The molecule has 8 heteroatoms. The number of nitrogens with zero attached hydrogens (tertiary/aromatic N) is 2. The normalized spacial score (nSPS) is 13.9. The Morgan fingerprint density at radius 1 is 1.03 bits per heavy atom. The molecule has 152 valence electrons. The number of aliphatic hydroxyl groups is 1. The molecule has 0 spiro atoms. The first-order valence-electron chi connectivity index (χ1n) is 8.86. The van der Waals surface area contributed by atoms with Crippen molar-refractivity contribution >= 4 is 34.7 Å². The molecule has 1 aliphatic heterocycles. The largest absolute Gasteiger partial charge is 0.493 e. The van der Waals surface area contributed by atoms with E-state index in [0.717, 1.165) is 4.90 Å². The highest BCUT2D eigenvalue weighted by Gasteiger charge is 2.42. The summed E-state index contributed by atoms with van der Waals surface area (Å²) in [7, 11) is 4.65. The number of anilines is 1. The van der Waals surface area contributed by atoms with E-state index in [-0.39, 0.29) is 29.4 Å². The summed E-state index contributed by atoms with van der Waals surface area (Å²) in [6, 6.07) is 11.6. The average molecular weight is 417 g/mol. The minimum atomic E-state index is -0.510. The van der Waals surface area contributed by atoms with E-state index in [9.17, 15) is 14.7 Å². The Bertz CT molecular complexity index is 989. The van der Waals surface area contributed by atoms with Crippen LogP contribution in [0.5, 0.6) is 11.5 Å². The Kier molecular flexibility index (Phi) is 6.10. The van der Waals surface area contributed by atoms with Gasteiger partial charge in [0, 0.05) is 13.6 Å². The van der Waals surface area contributed by atoms with E-state index in [2.05, 4.69) is 0 Å². The molecule has 0 fully saturated rings. The van der Waals surface area contributed by atoms with Crippen LogP contribution in [0.15, 0.2) is 48.2 Å². The van der Waals surface area contributed by atoms with Gasteiger partial charge in [0.05, 0.1) is 37.1 Å². The summed E-state index contributed by atoms with van der Waals surface area (Å²) in [6.07, 6.45) is 0. The maximum Gasteiger partial charge on any atom is 0.282 e. The zero-order chi connectivity index (χ0) is 21.1. The number of halogens is 1. The molecule has 0 atom stereocenters. The van der Waals surface area contributed by atoms with Gasteiger partial charge in [-0.2, -0.15) is 0 Å². The SMILES string of the molecule is COc1ccc(C2=C(N(C)CCO)C(=O)N(c3ccccc3Cl)C2=O)cc1OC. The number of carbonyl (C=O) groups excluding carboxylic acids is 2. The van der Waals surface area contributed by atoms with E-state index in [1.54, 1.807) is 54.4 Å². The van der Waals surface area contributed by atoms with Crippen LogP contribution >= 0.6 is 11.6 Å². The third-order valence-electron chi connectivity index (χ3n) is 4.64. The van der Waals surface area contributed by atoms with Crippen LogP contribution in [0.25, 0.3) is 5.57 Å². The third kappa shape index (κ3) is 3.66. The predicted octanol–water partition coefficient (Wildman–Crippen LogP) is 2.57. The Morgan fingerprint density at radius 2 is 1.72 bits per heavy atom. The zero-order valence-electron chi connectivity index (χ0n) is 16.3. The highest BCUT2D eigenvalue weighted by atomic mass is 35.5. The number of imide groups is 1. The average Bonchev–Trinajstić information content (AvgIpc) is 2.98. The van der Waals surface area contributed by atoms with Crippen LogP contribution in [0.3, 0.4) is 0 Å². The summed E-state index contributed by atoms with van der Waals surface area (Å²) < 4.78 is 10.6. The Hall–Kier alpha value is -3.03. The minimum Gasteiger partial charge on any atom is -0.493 e. The van der Waals surface area contributed by atoms with Crippen molar-refractivity contribution < 1.29 is 24.2 Å². The van der Waals surface area contributed by atoms with Gasteiger partial charge < -0.3 is 19.5 Å². The van der Waals surface area contributed by atoms with Crippen LogP contribution in [-0.4, -0.2) is 56.2 Å². The van der Waals surface area contributed by atoms with Gasteiger partial charge in [-0.05, 0) is 29.8 Å². The lowest BCUT2D eigenvalue weighted by Crippen LogP contribution is -2.35. The second-order valence-electron chi connectivity index (χ2n) is 6.34. The summed E-state index contributed by atoms with van der Waals surface area (Å²) in [6.45, 7) is 0.00822. The number of aliphatic hydroxyl groups excluding tert-OH is 1. The molecule has 29 heavy (non-hydrogen) atoms. The fourth-order valence-corrected chi connectivity index (χ4v) is 3.46. The highest BCUT2D eigenvalue weighted by Crippen LogP contribution is 2.39. The molecule has 2 aromatic rings. The molecule has 3 rings (SSSR count). The van der Waals surface area contributed by atoms with Crippen LogP contribution < -0.4 is 14.4 Å². The van der Waals surface area contributed by atoms with Crippen LogP contribution in [0.2, 0.25) is 5.02 Å². The van der Waals surface area contributed by atoms with Gasteiger partial charge in [-0.1, -0.05) is 29.8 Å². The molecule has 0 radical (unpaired) electrons. The molecule has 7 nitrogen and oxygen atoms in total. The van der Waals surface area contributed by atoms with Gasteiger partial charge in [0.15, 0.2) is 11.5 Å². The molecule has 0 saturated carbocycles. The lowest BCUT2D eigenvalue weighted by molar-refractivity contribution is -0.120. The summed E-state index contributed by atoms with van der Waals surface area (Å²) in [5.74, 6) is -0.0844. The molecule has 1 aliphatic rings. The van der Waals surface area contributed by atoms with Crippen molar-refractivity contribution in [1.82, 2.24) is 4.90 Å². The molecule has 0 aromatic heterocycles. The lowest BCUT2D eigenvalue weighted by Gasteiger charge is -2.21. The van der Waals surface area contributed by atoms with Crippen molar-refractivity contribution in [3.8, 4) is 11.5 Å². The first-order chi connectivity index (χ1) is 13.9. The van der Waals surface area contributed by atoms with E-state index in [1.165, 1.54) is 14.2 Å². The number of methoxy groups -OCH3 is 2. The summed E-state index contributed by atoms with van der Waals surface area (Å²) in [5.41, 5.74) is 1.17. The van der Waals surface area contributed by atoms with Gasteiger partial charge >= 0.3 is 0 Å². The van der Waals surface area contributed by atoms with Gasteiger partial charge in [0.25, 0.3) is 11.8 Å². The summed E-state index contributed by atoms with van der Waals surface area (Å²) in [5, 5.41) is 9.64. The number of likely N-dealkylation sites (N-methyl/N-ethyl adjacent to an activating group) is 1. The van der Waals surface area contributed by atoms with Crippen LogP contribution in [0.4, 0.5) is 5.69 Å². The first kappa shape index (κ1) is 20.7. The van der Waals surface area contributed by atoms with E-state index < -0.39 is 11.8 Å². The molecular formula is C21H21ClN2O5. The van der Waals surface area contributed by atoms with Crippen molar-refractivity contribution in [3.63, 3.8) is 0 Å². The highest BCUT2D eigenvalue weighted by molar-refractivity contribution is 6.47. The summed E-state index contributed by atoms with van der Waals surface area (Å²) in [4.78, 5) is 29.2. The van der Waals surface area contributed by atoms with Crippen molar-refractivity contribution in [2.45, 2.75) is 0 Å². The third-order valence-corrected chi connectivity index (χ3v) is 4.96. The number of hydrogen-bond donors (Lipinski definition) is 1. The van der Waals surface area contributed by atoms with Gasteiger partial charge in [0.1, 0.15) is 5.70 Å². The van der Waals surface area contributed by atoms with Gasteiger partial charge in [0.2, 0.25) is 0 Å².